The highest BCUT2D eigenvalue weighted by Gasteiger charge is 1.96. The third-order valence-electron chi connectivity index (χ3n) is 1.38. The second-order valence-corrected chi connectivity index (χ2v) is 1.98. The topological polar surface area (TPSA) is 36.7 Å². The van der Waals surface area contributed by atoms with Crippen molar-refractivity contribution in [1.82, 2.24) is 4.98 Å². The highest BCUT2D eigenvalue weighted by molar-refractivity contribution is 5.30. The summed E-state index contributed by atoms with van der Waals surface area (Å²) in [6, 6.07) is 5.80. The van der Waals surface area contributed by atoms with Crippen LogP contribution in [-0.2, 0) is 6.42 Å². The van der Waals surface area contributed by atoms with Crippen LogP contribution in [0.3, 0.4) is 0 Å². The number of aromatic nitrogens is 1. The normalized spacial score (nSPS) is 8.80. The summed E-state index contributed by atoms with van der Waals surface area (Å²) in [5.41, 5.74) is 1.56. The average molecular weight is 132 g/mol. The molecule has 0 aliphatic carbocycles. The quantitative estimate of drug-likeness (QED) is 0.580. The number of hydrogen-bond donors (Lipinski definition) is 0. The standard InChI is InChI=1S/C8H8N2/c1-2-7-4-3-5-10-8(7)6-9/h3-5H,2H2,1H3. The van der Waals surface area contributed by atoms with E-state index in [1.165, 1.54) is 0 Å². The van der Waals surface area contributed by atoms with E-state index in [9.17, 15) is 0 Å². The van der Waals surface area contributed by atoms with Crippen LogP contribution in [0.15, 0.2) is 18.3 Å². The van der Waals surface area contributed by atoms with E-state index < -0.39 is 0 Å². The van der Waals surface area contributed by atoms with Gasteiger partial charge < -0.3 is 0 Å². The zero-order valence-corrected chi connectivity index (χ0v) is 5.83. The molecule has 0 spiro atoms. The molecule has 0 saturated carbocycles. The third kappa shape index (κ3) is 1.14. The van der Waals surface area contributed by atoms with Crippen molar-refractivity contribution in [3.8, 4) is 6.07 Å². The second-order valence-electron chi connectivity index (χ2n) is 1.98. The summed E-state index contributed by atoms with van der Waals surface area (Å²) in [4.78, 5) is 3.91. The van der Waals surface area contributed by atoms with Crippen LogP contribution in [0.2, 0.25) is 0 Å². The molecule has 0 N–H and O–H groups in total. The van der Waals surface area contributed by atoms with Gasteiger partial charge in [0.2, 0.25) is 0 Å². The molecule has 0 aromatic carbocycles. The Morgan fingerprint density at radius 1 is 1.70 bits per heavy atom. The van der Waals surface area contributed by atoms with E-state index in [1.807, 2.05) is 25.1 Å². The first-order valence-electron chi connectivity index (χ1n) is 3.22. The third-order valence-corrected chi connectivity index (χ3v) is 1.38. The zero-order valence-electron chi connectivity index (χ0n) is 5.83. The molecular weight excluding hydrogens is 124 g/mol. The Kier molecular flexibility index (Phi) is 2.01. The van der Waals surface area contributed by atoms with Gasteiger partial charge in [-0.2, -0.15) is 5.26 Å². The SMILES string of the molecule is CCc1cccnc1C#N. The lowest BCUT2D eigenvalue weighted by molar-refractivity contribution is 1.08. The minimum Gasteiger partial charge on any atom is -0.245 e. The number of aryl methyl sites for hydroxylation is 1. The maximum Gasteiger partial charge on any atom is 0.143 e. The molecule has 0 aliphatic rings. The van der Waals surface area contributed by atoms with Crippen LogP contribution in [0.25, 0.3) is 0 Å². The van der Waals surface area contributed by atoms with E-state index in [0.717, 1.165) is 12.0 Å². The summed E-state index contributed by atoms with van der Waals surface area (Å²) in [6.07, 6.45) is 2.51. The zero-order chi connectivity index (χ0) is 7.40. The lowest BCUT2D eigenvalue weighted by Crippen LogP contribution is -1.89. The molecule has 0 fully saturated rings. The van der Waals surface area contributed by atoms with E-state index in [4.69, 9.17) is 5.26 Å². The molecule has 0 saturated heterocycles. The first kappa shape index (κ1) is 6.76. The van der Waals surface area contributed by atoms with Crippen LogP contribution in [0, 0.1) is 11.3 Å². The number of hydrogen-bond acceptors (Lipinski definition) is 2. The van der Waals surface area contributed by atoms with Gasteiger partial charge in [0.15, 0.2) is 0 Å². The van der Waals surface area contributed by atoms with Crippen molar-refractivity contribution in [2.24, 2.45) is 0 Å². The monoisotopic (exact) mass is 132 g/mol. The van der Waals surface area contributed by atoms with Crippen molar-refractivity contribution in [2.75, 3.05) is 0 Å². The Labute approximate surface area is 60.1 Å². The van der Waals surface area contributed by atoms with E-state index >= 15 is 0 Å². The largest absolute Gasteiger partial charge is 0.245 e. The van der Waals surface area contributed by atoms with Crippen LogP contribution in [-0.4, -0.2) is 4.98 Å². The van der Waals surface area contributed by atoms with Gasteiger partial charge in [-0.25, -0.2) is 4.98 Å². The maximum absolute atomic E-state index is 8.54. The molecule has 1 heterocycles. The van der Waals surface area contributed by atoms with Crippen LogP contribution in [0.5, 0.6) is 0 Å². The molecule has 1 aromatic heterocycles. The van der Waals surface area contributed by atoms with E-state index in [-0.39, 0.29) is 0 Å². The van der Waals surface area contributed by atoms with Crippen molar-refractivity contribution in [3.63, 3.8) is 0 Å². The van der Waals surface area contributed by atoms with Crippen molar-refractivity contribution >= 4 is 0 Å². The summed E-state index contributed by atoms with van der Waals surface area (Å²) in [6.45, 7) is 2.01. The number of nitriles is 1. The average Bonchev–Trinajstić information content (AvgIpc) is 2.04. The van der Waals surface area contributed by atoms with Gasteiger partial charge in [0, 0.05) is 6.20 Å². The van der Waals surface area contributed by atoms with E-state index in [0.29, 0.717) is 5.69 Å². The van der Waals surface area contributed by atoms with Gasteiger partial charge in [-0.1, -0.05) is 13.0 Å². The predicted molar refractivity (Wildman–Crippen MR) is 38.3 cm³/mol. The van der Waals surface area contributed by atoms with Crippen molar-refractivity contribution in [2.45, 2.75) is 13.3 Å². The maximum atomic E-state index is 8.54. The molecule has 0 unspecified atom stereocenters. The smallest absolute Gasteiger partial charge is 0.143 e. The summed E-state index contributed by atoms with van der Waals surface area (Å²) < 4.78 is 0. The molecule has 2 heteroatoms. The van der Waals surface area contributed by atoms with Gasteiger partial charge in [-0.15, -0.1) is 0 Å². The molecule has 1 rings (SSSR count). The molecule has 0 radical (unpaired) electrons. The Bertz CT molecular complexity index is 260. The lowest BCUT2D eigenvalue weighted by Gasteiger charge is -1.94. The van der Waals surface area contributed by atoms with Crippen LogP contribution in [0.4, 0.5) is 0 Å². The fourth-order valence-corrected chi connectivity index (χ4v) is 0.825. The fourth-order valence-electron chi connectivity index (χ4n) is 0.825. The van der Waals surface area contributed by atoms with Gasteiger partial charge in [-0.3, -0.25) is 0 Å². The van der Waals surface area contributed by atoms with Gasteiger partial charge >= 0.3 is 0 Å². The molecule has 0 aliphatic heterocycles. The Balaban J connectivity index is 3.12. The van der Waals surface area contributed by atoms with Gasteiger partial charge in [0.05, 0.1) is 0 Å². The minimum atomic E-state index is 0.546. The summed E-state index contributed by atoms with van der Waals surface area (Å²) >= 11 is 0. The molecule has 2 nitrogen and oxygen atoms in total. The Morgan fingerprint density at radius 3 is 3.00 bits per heavy atom. The first-order valence-corrected chi connectivity index (χ1v) is 3.22. The van der Waals surface area contributed by atoms with Crippen LogP contribution < -0.4 is 0 Å². The van der Waals surface area contributed by atoms with Gasteiger partial charge in [0.25, 0.3) is 0 Å². The van der Waals surface area contributed by atoms with E-state index in [2.05, 4.69) is 4.98 Å². The predicted octanol–water partition coefficient (Wildman–Crippen LogP) is 1.52. The molecule has 0 atom stereocenters. The Hall–Kier alpha value is -1.36. The molecule has 0 amide bonds. The molecule has 0 bridgehead atoms. The molecule has 10 heavy (non-hydrogen) atoms. The van der Waals surface area contributed by atoms with Gasteiger partial charge in [-0.05, 0) is 18.1 Å². The summed E-state index contributed by atoms with van der Waals surface area (Å²) in [5.74, 6) is 0. The fraction of sp³-hybridized carbons (Fsp3) is 0.250. The van der Waals surface area contributed by atoms with Crippen LogP contribution in [0.1, 0.15) is 18.2 Å². The first-order chi connectivity index (χ1) is 4.88. The molecule has 50 valence electrons. The Morgan fingerprint density at radius 2 is 2.50 bits per heavy atom. The number of rotatable bonds is 1. The summed E-state index contributed by atoms with van der Waals surface area (Å²) in [7, 11) is 0. The second kappa shape index (κ2) is 2.98. The lowest BCUT2D eigenvalue weighted by atomic mass is 10.1. The molecular formula is C8H8N2. The number of nitrogens with zero attached hydrogens (tertiary/aromatic N) is 2. The van der Waals surface area contributed by atoms with Crippen molar-refractivity contribution in [1.29, 1.82) is 5.26 Å². The van der Waals surface area contributed by atoms with E-state index in [1.54, 1.807) is 6.20 Å². The summed E-state index contributed by atoms with van der Waals surface area (Å²) in [5, 5.41) is 8.54. The highest BCUT2D eigenvalue weighted by atomic mass is 14.7. The minimum absolute atomic E-state index is 0.546. The highest BCUT2D eigenvalue weighted by Crippen LogP contribution is 2.03. The number of pyridine rings is 1. The van der Waals surface area contributed by atoms with Crippen molar-refractivity contribution < 1.29 is 0 Å². The molecule has 1 aromatic rings. The van der Waals surface area contributed by atoms with Crippen LogP contribution >= 0.6 is 0 Å². The van der Waals surface area contributed by atoms with Crippen molar-refractivity contribution in [3.05, 3.63) is 29.6 Å². The van der Waals surface area contributed by atoms with Gasteiger partial charge in [0.1, 0.15) is 11.8 Å².